The molecule has 0 aliphatic heterocycles. The van der Waals surface area contributed by atoms with Crippen molar-refractivity contribution < 1.29 is 9.59 Å². The summed E-state index contributed by atoms with van der Waals surface area (Å²) in [5.41, 5.74) is 3.81. The highest BCUT2D eigenvalue weighted by molar-refractivity contribution is 6.08. The fraction of sp³-hybridized carbons (Fsp3) is 0.263. The summed E-state index contributed by atoms with van der Waals surface area (Å²) in [6.45, 7) is 4.15. The number of anilines is 2. The Hall–Kier alpha value is -2.62. The fourth-order valence-electron chi connectivity index (χ4n) is 2.20. The molecule has 0 unspecified atom stereocenters. The van der Waals surface area contributed by atoms with Gasteiger partial charge in [0, 0.05) is 11.4 Å². The van der Waals surface area contributed by atoms with E-state index in [-0.39, 0.29) is 18.2 Å². The molecule has 0 atom stereocenters. The molecule has 0 bridgehead atoms. The van der Waals surface area contributed by atoms with Gasteiger partial charge in [0.25, 0.3) is 0 Å². The van der Waals surface area contributed by atoms with Crippen LogP contribution in [0.15, 0.2) is 48.5 Å². The first-order valence-electron chi connectivity index (χ1n) is 7.88. The number of nitrogens with one attached hydrogen (secondary N) is 2. The van der Waals surface area contributed by atoms with Crippen LogP contribution in [0.1, 0.15) is 31.4 Å². The van der Waals surface area contributed by atoms with Crippen LogP contribution in [-0.2, 0) is 22.4 Å². The normalized spacial score (nSPS) is 10.2. The van der Waals surface area contributed by atoms with Crippen molar-refractivity contribution in [1.82, 2.24) is 0 Å². The van der Waals surface area contributed by atoms with Gasteiger partial charge in [-0.25, -0.2) is 0 Å². The molecule has 0 saturated heterocycles. The van der Waals surface area contributed by atoms with Crippen LogP contribution in [0.25, 0.3) is 0 Å². The molecule has 120 valence electrons. The van der Waals surface area contributed by atoms with E-state index in [1.807, 2.05) is 48.5 Å². The summed E-state index contributed by atoms with van der Waals surface area (Å²) < 4.78 is 0. The smallest absolute Gasteiger partial charge is 0.233 e. The topological polar surface area (TPSA) is 58.2 Å². The third-order valence-electron chi connectivity index (χ3n) is 3.61. The number of amides is 2. The lowest BCUT2D eigenvalue weighted by atomic mass is 10.1. The summed E-state index contributed by atoms with van der Waals surface area (Å²) in [5.74, 6) is -0.645. The molecule has 0 heterocycles. The molecule has 2 rings (SSSR count). The molecule has 2 N–H and O–H groups in total. The van der Waals surface area contributed by atoms with Crippen molar-refractivity contribution in [3.63, 3.8) is 0 Å². The molecular formula is C19H22N2O2. The second kappa shape index (κ2) is 8.13. The Morgan fingerprint density at radius 2 is 1.04 bits per heavy atom. The Morgan fingerprint density at radius 3 is 1.35 bits per heavy atom. The monoisotopic (exact) mass is 310 g/mol. The third-order valence-corrected chi connectivity index (χ3v) is 3.61. The van der Waals surface area contributed by atoms with Crippen LogP contribution in [0.4, 0.5) is 11.4 Å². The van der Waals surface area contributed by atoms with E-state index in [0.717, 1.165) is 12.8 Å². The van der Waals surface area contributed by atoms with E-state index in [4.69, 9.17) is 0 Å². The first-order valence-corrected chi connectivity index (χ1v) is 7.88. The van der Waals surface area contributed by atoms with Crippen LogP contribution in [0.2, 0.25) is 0 Å². The SMILES string of the molecule is CCc1ccc(NC(=O)CC(=O)Nc2ccc(CC)cc2)cc1. The molecule has 23 heavy (non-hydrogen) atoms. The van der Waals surface area contributed by atoms with E-state index in [1.54, 1.807) is 0 Å². The first kappa shape index (κ1) is 16.7. The Morgan fingerprint density at radius 1 is 0.696 bits per heavy atom. The van der Waals surface area contributed by atoms with Gasteiger partial charge in [-0.2, -0.15) is 0 Å². The minimum Gasteiger partial charge on any atom is -0.326 e. The first-order chi connectivity index (χ1) is 11.1. The molecule has 2 aromatic carbocycles. The lowest BCUT2D eigenvalue weighted by Crippen LogP contribution is -2.21. The minimum absolute atomic E-state index is 0.203. The maximum atomic E-state index is 11.9. The number of hydrogen-bond acceptors (Lipinski definition) is 2. The molecule has 0 aliphatic rings. The van der Waals surface area contributed by atoms with Crippen LogP contribution in [0.5, 0.6) is 0 Å². The maximum absolute atomic E-state index is 11.9. The quantitative estimate of drug-likeness (QED) is 0.798. The number of carbonyl (C=O) groups excluding carboxylic acids is 2. The predicted molar refractivity (Wildman–Crippen MR) is 93.5 cm³/mol. The number of carbonyl (C=O) groups is 2. The Labute approximate surface area is 136 Å². The van der Waals surface area contributed by atoms with Gasteiger partial charge in [0.1, 0.15) is 6.42 Å². The van der Waals surface area contributed by atoms with Crippen molar-refractivity contribution in [2.45, 2.75) is 33.1 Å². The zero-order valence-corrected chi connectivity index (χ0v) is 13.6. The van der Waals surface area contributed by atoms with Crippen molar-refractivity contribution in [3.8, 4) is 0 Å². The van der Waals surface area contributed by atoms with E-state index in [9.17, 15) is 9.59 Å². The number of rotatable bonds is 6. The van der Waals surface area contributed by atoms with Gasteiger partial charge in [-0.3, -0.25) is 9.59 Å². The number of benzene rings is 2. The van der Waals surface area contributed by atoms with Gasteiger partial charge < -0.3 is 10.6 Å². The van der Waals surface area contributed by atoms with Crippen LogP contribution in [-0.4, -0.2) is 11.8 Å². The second-order valence-electron chi connectivity index (χ2n) is 5.37. The van der Waals surface area contributed by atoms with Crippen LogP contribution < -0.4 is 10.6 Å². The largest absolute Gasteiger partial charge is 0.326 e. The van der Waals surface area contributed by atoms with E-state index in [2.05, 4.69) is 24.5 Å². The molecule has 0 spiro atoms. The van der Waals surface area contributed by atoms with Crippen molar-refractivity contribution in [1.29, 1.82) is 0 Å². The maximum Gasteiger partial charge on any atom is 0.233 e. The van der Waals surface area contributed by atoms with E-state index in [0.29, 0.717) is 11.4 Å². The van der Waals surface area contributed by atoms with Gasteiger partial charge in [0.15, 0.2) is 0 Å². The van der Waals surface area contributed by atoms with Crippen LogP contribution >= 0.6 is 0 Å². The van der Waals surface area contributed by atoms with Crippen molar-refractivity contribution in [3.05, 3.63) is 59.7 Å². The molecule has 2 aromatic rings. The molecule has 0 aliphatic carbocycles. The van der Waals surface area contributed by atoms with Gasteiger partial charge in [0.05, 0.1) is 0 Å². The summed E-state index contributed by atoms with van der Waals surface area (Å²) in [6, 6.07) is 15.2. The standard InChI is InChI=1S/C19H22N2O2/c1-3-14-5-9-16(10-6-14)20-18(22)13-19(23)21-17-11-7-15(4-2)8-12-17/h5-12H,3-4,13H2,1-2H3,(H,20,22)(H,21,23). The molecule has 0 saturated carbocycles. The minimum atomic E-state index is -0.322. The van der Waals surface area contributed by atoms with Gasteiger partial charge in [-0.15, -0.1) is 0 Å². The van der Waals surface area contributed by atoms with Crippen LogP contribution in [0.3, 0.4) is 0 Å². The van der Waals surface area contributed by atoms with Crippen LogP contribution in [0, 0.1) is 0 Å². The highest BCUT2D eigenvalue weighted by Crippen LogP contribution is 2.12. The fourth-order valence-corrected chi connectivity index (χ4v) is 2.20. The van der Waals surface area contributed by atoms with E-state index in [1.165, 1.54) is 11.1 Å². The summed E-state index contributed by atoms with van der Waals surface area (Å²) in [5, 5.41) is 5.46. The van der Waals surface area contributed by atoms with Gasteiger partial charge in [-0.05, 0) is 48.2 Å². The van der Waals surface area contributed by atoms with E-state index >= 15 is 0 Å². The molecule has 4 heteroatoms. The average molecular weight is 310 g/mol. The third kappa shape index (κ3) is 5.25. The summed E-state index contributed by atoms with van der Waals surface area (Å²) >= 11 is 0. The predicted octanol–water partition coefficient (Wildman–Crippen LogP) is 3.78. The van der Waals surface area contributed by atoms with Crippen molar-refractivity contribution in [2.24, 2.45) is 0 Å². The molecule has 4 nitrogen and oxygen atoms in total. The second-order valence-corrected chi connectivity index (χ2v) is 5.37. The van der Waals surface area contributed by atoms with Crippen molar-refractivity contribution >= 4 is 23.2 Å². The summed E-state index contributed by atoms with van der Waals surface area (Å²) in [6.07, 6.45) is 1.70. The lowest BCUT2D eigenvalue weighted by Gasteiger charge is -2.08. The highest BCUT2D eigenvalue weighted by Gasteiger charge is 2.10. The Balaban J connectivity index is 1.84. The number of aryl methyl sites for hydroxylation is 2. The molecule has 0 fully saturated rings. The zero-order chi connectivity index (χ0) is 16.7. The molecule has 2 amide bonds. The highest BCUT2D eigenvalue weighted by atomic mass is 16.2. The van der Waals surface area contributed by atoms with Gasteiger partial charge >= 0.3 is 0 Å². The summed E-state index contributed by atoms with van der Waals surface area (Å²) in [7, 11) is 0. The summed E-state index contributed by atoms with van der Waals surface area (Å²) in [4.78, 5) is 23.8. The lowest BCUT2D eigenvalue weighted by molar-refractivity contribution is -0.123. The molecule has 0 aromatic heterocycles. The Bertz CT molecular complexity index is 601. The Kier molecular flexibility index (Phi) is 5.92. The van der Waals surface area contributed by atoms with E-state index < -0.39 is 0 Å². The van der Waals surface area contributed by atoms with Gasteiger partial charge in [-0.1, -0.05) is 38.1 Å². The van der Waals surface area contributed by atoms with Crippen molar-refractivity contribution in [2.75, 3.05) is 10.6 Å². The molecular weight excluding hydrogens is 288 g/mol. The average Bonchev–Trinajstić information content (AvgIpc) is 2.56. The molecule has 0 radical (unpaired) electrons. The zero-order valence-electron chi connectivity index (χ0n) is 13.6. The number of hydrogen-bond donors (Lipinski definition) is 2. The van der Waals surface area contributed by atoms with Gasteiger partial charge in [0.2, 0.25) is 11.8 Å².